The lowest BCUT2D eigenvalue weighted by atomic mass is 9.92. The lowest BCUT2D eigenvalue weighted by molar-refractivity contribution is -0.119. The SMILES string of the molecule is CC(C)Cn1c(O)c(C(=O)NC2CC2)c(=O)n2ncc(/C=C/C(=O)NC3(C)CCOCC3)c12. The van der Waals surface area contributed by atoms with E-state index in [0.29, 0.717) is 31.0 Å². The monoisotopic (exact) mass is 457 g/mol. The van der Waals surface area contributed by atoms with E-state index in [1.54, 1.807) is 6.08 Å². The van der Waals surface area contributed by atoms with E-state index in [0.717, 1.165) is 30.2 Å². The van der Waals surface area contributed by atoms with Gasteiger partial charge in [0.1, 0.15) is 5.65 Å². The summed E-state index contributed by atoms with van der Waals surface area (Å²) in [6.07, 6.45) is 7.61. The fraction of sp³-hybridized carbons (Fsp3) is 0.565. The molecule has 10 heteroatoms. The molecule has 0 atom stereocenters. The van der Waals surface area contributed by atoms with E-state index in [2.05, 4.69) is 15.7 Å². The van der Waals surface area contributed by atoms with Crippen LogP contribution in [0.5, 0.6) is 5.88 Å². The molecular weight excluding hydrogens is 426 g/mol. The van der Waals surface area contributed by atoms with Crippen LogP contribution in [0.3, 0.4) is 0 Å². The standard InChI is InChI=1S/C23H31N5O5/c1-14(2)13-27-20-15(4-7-17(29)26-23(3)8-10-33-11-9-23)12-24-28(20)22(32)18(21(27)31)19(30)25-16-5-6-16/h4,7,12,14,16,31H,5-6,8-11,13H2,1-3H3,(H,25,30)(H,26,29)/b7-4+. The zero-order valence-corrected chi connectivity index (χ0v) is 19.3. The van der Waals surface area contributed by atoms with Crippen molar-refractivity contribution >= 4 is 23.5 Å². The highest BCUT2D eigenvalue weighted by Crippen LogP contribution is 2.25. The van der Waals surface area contributed by atoms with Crippen LogP contribution in [-0.4, -0.2) is 55.9 Å². The van der Waals surface area contributed by atoms with Crippen LogP contribution < -0.4 is 16.2 Å². The number of ether oxygens (including phenoxy) is 1. The lowest BCUT2D eigenvalue weighted by Crippen LogP contribution is -2.49. The van der Waals surface area contributed by atoms with Gasteiger partial charge in [-0.1, -0.05) is 13.8 Å². The van der Waals surface area contributed by atoms with Gasteiger partial charge in [0.05, 0.1) is 6.20 Å². The van der Waals surface area contributed by atoms with Gasteiger partial charge >= 0.3 is 0 Å². The largest absolute Gasteiger partial charge is 0.494 e. The van der Waals surface area contributed by atoms with E-state index in [1.165, 1.54) is 16.8 Å². The molecule has 1 saturated carbocycles. The number of hydrogen-bond acceptors (Lipinski definition) is 6. The molecule has 4 rings (SSSR count). The Hall–Kier alpha value is -3.14. The third-order valence-electron chi connectivity index (χ3n) is 6.04. The smallest absolute Gasteiger partial charge is 0.291 e. The number of fused-ring (bicyclic) bond motifs is 1. The molecule has 0 bridgehead atoms. The van der Waals surface area contributed by atoms with Gasteiger partial charge in [-0.3, -0.25) is 19.0 Å². The molecule has 0 radical (unpaired) electrons. The van der Waals surface area contributed by atoms with Gasteiger partial charge in [0.25, 0.3) is 11.5 Å². The minimum atomic E-state index is -0.695. The van der Waals surface area contributed by atoms with Crippen LogP contribution in [0.25, 0.3) is 11.7 Å². The van der Waals surface area contributed by atoms with Crippen molar-refractivity contribution in [1.82, 2.24) is 24.8 Å². The highest BCUT2D eigenvalue weighted by Gasteiger charge is 2.30. The second-order valence-electron chi connectivity index (χ2n) is 9.59. The molecule has 2 aliphatic rings. The van der Waals surface area contributed by atoms with Gasteiger partial charge in [-0.15, -0.1) is 0 Å². The molecule has 1 aliphatic carbocycles. The van der Waals surface area contributed by atoms with Crippen LogP contribution in [0.2, 0.25) is 0 Å². The highest BCUT2D eigenvalue weighted by atomic mass is 16.5. The van der Waals surface area contributed by atoms with Gasteiger partial charge < -0.3 is 20.5 Å². The normalized spacial score (nSPS) is 18.2. The minimum absolute atomic E-state index is 0.0396. The maximum atomic E-state index is 13.0. The fourth-order valence-electron chi connectivity index (χ4n) is 4.00. The summed E-state index contributed by atoms with van der Waals surface area (Å²) in [6, 6.07) is 0.0396. The third kappa shape index (κ3) is 4.95. The number of aromatic nitrogens is 3. The fourth-order valence-corrected chi connectivity index (χ4v) is 4.00. The molecule has 3 heterocycles. The Kier molecular flexibility index (Phi) is 6.29. The highest BCUT2D eigenvalue weighted by molar-refractivity contribution is 5.97. The number of carbonyl (C=O) groups excluding carboxylic acids is 2. The van der Waals surface area contributed by atoms with E-state index in [1.807, 2.05) is 20.8 Å². The molecule has 1 aliphatic heterocycles. The van der Waals surface area contributed by atoms with Gasteiger partial charge in [-0.05, 0) is 44.6 Å². The summed E-state index contributed by atoms with van der Waals surface area (Å²) in [5, 5.41) is 20.9. The third-order valence-corrected chi connectivity index (χ3v) is 6.04. The van der Waals surface area contributed by atoms with Crippen molar-refractivity contribution in [2.24, 2.45) is 5.92 Å². The second kappa shape index (κ2) is 9.01. The first-order valence-electron chi connectivity index (χ1n) is 11.4. The number of carbonyl (C=O) groups is 2. The van der Waals surface area contributed by atoms with Crippen LogP contribution in [0.1, 0.15) is 62.4 Å². The van der Waals surface area contributed by atoms with Crippen molar-refractivity contribution < 1.29 is 19.4 Å². The molecule has 0 spiro atoms. The summed E-state index contributed by atoms with van der Waals surface area (Å²) < 4.78 is 7.99. The number of hydrogen-bond donors (Lipinski definition) is 3. The Morgan fingerprint density at radius 3 is 2.67 bits per heavy atom. The molecule has 2 aromatic heterocycles. The zero-order valence-electron chi connectivity index (χ0n) is 19.3. The Morgan fingerprint density at radius 1 is 1.33 bits per heavy atom. The van der Waals surface area contributed by atoms with Crippen LogP contribution >= 0.6 is 0 Å². The number of nitrogens with zero attached hydrogens (tertiary/aromatic N) is 3. The number of aromatic hydroxyl groups is 1. The summed E-state index contributed by atoms with van der Waals surface area (Å²) in [5.74, 6) is -1.14. The van der Waals surface area contributed by atoms with Gasteiger partial charge in [0, 0.05) is 43.0 Å². The molecule has 33 heavy (non-hydrogen) atoms. The number of amides is 2. The van der Waals surface area contributed by atoms with Crippen LogP contribution in [0, 0.1) is 5.92 Å². The Bertz CT molecular complexity index is 1150. The van der Waals surface area contributed by atoms with Crippen molar-refractivity contribution in [1.29, 1.82) is 0 Å². The molecule has 2 aromatic rings. The quantitative estimate of drug-likeness (QED) is 0.540. The van der Waals surface area contributed by atoms with Crippen molar-refractivity contribution in [3.63, 3.8) is 0 Å². The van der Waals surface area contributed by atoms with E-state index >= 15 is 0 Å². The van der Waals surface area contributed by atoms with Gasteiger partial charge in [-0.2, -0.15) is 9.61 Å². The summed E-state index contributed by atoms with van der Waals surface area (Å²) in [5.41, 5.74) is -0.527. The average Bonchev–Trinajstić information content (AvgIpc) is 3.45. The number of rotatable bonds is 7. The first-order chi connectivity index (χ1) is 15.7. The van der Waals surface area contributed by atoms with Gasteiger partial charge in [0.2, 0.25) is 11.8 Å². The first kappa shape index (κ1) is 23.0. The predicted octanol–water partition coefficient (Wildman–Crippen LogP) is 1.45. The Morgan fingerprint density at radius 2 is 2.03 bits per heavy atom. The second-order valence-corrected chi connectivity index (χ2v) is 9.59. The first-order valence-corrected chi connectivity index (χ1v) is 11.4. The molecule has 10 nitrogen and oxygen atoms in total. The van der Waals surface area contributed by atoms with E-state index in [-0.39, 0.29) is 29.0 Å². The molecule has 178 valence electrons. The molecule has 0 aromatic carbocycles. The molecule has 2 amide bonds. The summed E-state index contributed by atoms with van der Waals surface area (Å²) in [6.45, 7) is 7.48. The van der Waals surface area contributed by atoms with Crippen molar-refractivity contribution in [2.75, 3.05) is 13.2 Å². The number of nitrogens with one attached hydrogen (secondary N) is 2. The maximum absolute atomic E-state index is 13.0. The zero-order chi connectivity index (χ0) is 23.8. The molecule has 2 fully saturated rings. The van der Waals surface area contributed by atoms with Crippen LogP contribution in [-0.2, 0) is 16.1 Å². The Labute approximate surface area is 191 Å². The van der Waals surface area contributed by atoms with Crippen molar-refractivity contribution in [2.45, 2.75) is 64.6 Å². The molecule has 1 saturated heterocycles. The Balaban J connectivity index is 1.69. The van der Waals surface area contributed by atoms with Crippen LogP contribution in [0.4, 0.5) is 0 Å². The molecule has 3 N–H and O–H groups in total. The van der Waals surface area contributed by atoms with Gasteiger partial charge in [0.15, 0.2) is 5.56 Å². The van der Waals surface area contributed by atoms with Crippen molar-refractivity contribution in [3.8, 4) is 5.88 Å². The molecule has 0 unspecified atom stereocenters. The lowest BCUT2D eigenvalue weighted by Gasteiger charge is -2.34. The van der Waals surface area contributed by atoms with E-state index in [9.17, 15) is 19.5 Å². The minimum Gasteiger partial charge on any atom is -0.494 e. The topological polar surface area (TPSA) is 127 Å². The summed E-state index contributed by atoms with van der Waals surface area (Å²) in [4.78, 5) is 38.3. The molecular formula is C23H31N5O5. The maximum Gasteiger partial charge on any atom is 0.291 e. The van der Waals surface area contributed by atoms with E-state index < -0.39 is 17.3 Å². The van der Waals surface area contributed by atoms with Crippen LogP contribution in [0.15, 0.2) is 17.1 Å². The summed E-state index contributed by atoms with van der Waals surface area (Å²) >= 11 is 0. The average molecular weight is 458 g/mol. The van der Waals surface area contributed by atoms with E-state index in [4.69, 9.17) is 4.74 Å². The predicted molar refractivity (Wildman–Crippen MR) is 122 cm³/mol. The summed E-state index contributed by atoms with van der Waals surface area (Å²) in [7, 11) is 0. The van der Waals surface area contributed by atoms with Crippen molar-refractivity contribution in [3.05, 3.63) is 33.8 Å². The van der Waals surface area contributed by atoms with Gasteiger partial charge in [-0.25, -0.2) is 0 Å².